The van der Waals surface area contributed by atoms with E-state index in [9.17, 15) is 13.2 Å². The maximum absolute atomic E-state index is 12.3. The van der Waals surface area contributed by atoms with Crippen molar-refractivity contribution in [1.82, 2.24) is 10.2 Å². The summed E-state index contributed by atoms with van der Waals surface area (Å²) in [4.78, 5) is 2.26. The zero-order valence-electron chi connectivity index (χ0n) is 12.9. The Bertz CT molecular complexity index is 291. The Balaban J connectivity index is 2.64. The molecular formula is C14H27F3N2S. The highest BCUT2D eigenvalue weighted by atomic mass is 32.2. The van der Waals surface area contributed by atoms with Crippen LogP contribution >= 0.6 is 11.8 Å². The normalized spacial score (nSPS) is 24.3. The van der Waals surface area contributed by atoms with Crippen LogP contribution in [0.5, 0.6) is 0 Å². The summed E-state index contributed by atoms with van der Waals surface area (Å²) >= 11 is 0.0942. The topological polar surface area (TPSA) is 15.3 Å². The van der Waals surface area contributed by atoms with E-state index in [0.717, 1.165) is 25.9 Å². The molecule has 1 saturated heterocycles. The van der Waals surface area contributed by atoms with E-state index in [2.05, 4.69) is 37.9 Å². The second-order valence-electron chi connectivity index (χ2n) is 5.94. The Hall–Kier alpha value is 0.0600. The lowest BCUT2D eigenvalue weighted by Crippen LogP contribution is -2.65. The van der Waals surface area contributed by atoms with Gasteiger partial charge in [-0.2, -0.15) is 13.2 Å². The zero-order valence-corrected chi connectivity index (χ0v) is 13.7. The number of halogens is 3. The second kappa shape index (κ2) is 7.36. The minimum atomic E-state index is -4.12. The van der Waals surface area contributed by atoms with Crippen molar-refractivity contribution in [2.24, 2.45) is 5.92 Å². The monoisotopic (exact) mass is 312 g/mol. The van der Waals surface area contributed by atoms with Gasteiger partial charge in [0.05, 0.1) is 0 Å². The van der Waals surface area contributed by atoms with Crippen molar-refractivity contribution >= 4 is 11.8 Å². The first-order valence-electron chi connectivity index (χ1n) is 7.43. The fraction of sp³-hybridized carbons (Fsp3) is 1.00. The molecule has 2 nitrogen and oxygen atoms in total. The van der Waals surface area contributed by atoms with Crippen molar-refractivity contribution in [3.63, 3.8) is 0 Å². The van der Waals surface area contributed by atoms with Gasteiger partial charge < -0.3 is 5.32 Å². The van der Waals surface area contributed by atoms with Gasteiger partial charge in [0.15, 0.2) is 0 Å². The molecule has 0 aromatic carbocycles. The number of nitrogens with one attached hydrogen (secondary N) is 1. The number of alkyl halides is 3. The molecule has 0 saturated carbocycles. The Morgan fingerprint density at radius 2 is 1.90 bits per heavy atom. The molecule has 0 amide bonds. The standard InChI is InChI=1S/C14H27F3N2S/c1-5-13(6-2)10-19(7-8-20-14(15,16)17)12(9-18-13)11(3)4/h11-12,18H,5-10H2,1-4H3. The van der Waals surface area contributed by atoms with Gasteiger partial charge in [-0.1, -0.05) is 27.7 Å². The molecule has 0 bridgehead atoms. The van der Waals surface area contributed by atoms with Crippen LogP contribution in [-0.2, 0) is 0 Å². The summed E-state index contributed by atoms with van der Waals surface area (Å²) in [6, 6.07) is 0.329. The molecule has 1 unspecified atom stereocenters. The Kier molecular flexibility index (Phi) is 6.67. The van der Waals surface area contributed by atoms with Crippen LogP contribution in [0.15, 0.2) is 0 Å². The number of hydrogen-bond acceptors (Lipinski definition) is 3. The van der Waals surface area contributed by atoms with Gasteiger partial charge in [-0.3, -0.25) is 4.90 Å². The molecule has 120 valence electrons. The van der Waals surface area contributed by atoms with Crippen molar-refractivity contribution in [3.05, 3.63) is 0 Å². The van der Waals surface area contributed by atoms with E-state index in [-0.39, 0.29) is 23.1 Å². The zero-order chi connectivity index (χ0) is 15.4. The minimum absolute atomic E-state index is 0.0638. The SMILES string of the molecule is CCC1(CC)CN(CCSC(F)(F)F)C(C(C)C)CN1. The number of rotatable bonds is 6. The highest BCUT2D eigenvalue weighted by molar-refractivity contribution is 8.00. The van der Waals surface area contributed by atoms with E-state index in [1.165, 1.54) is 0 Å². The second-order valence-corrected chi connectivity index (χ2v) is 7.10. The summed E-state index contributed by atoms with van der Waals surface area (Å²) in [6.45, 7) is 10.8. The molecule has 0 aromatic rings. The lowest BCUT2D eigenvalue weighted by Gasteiger charge is -2.49. The van der Waals surface area contributed by atoms with Gasteiger partial charge in [0.1, 0.15) is 0 Å². The van der Waals surface area contributed by atoms with Crippen LogP contribution < -0.4 is 5.32 Å². The number of nitrogens with zero attached hydrogens (tertiary/aromatic N) is 1. The smallest absolute Gasteiger partial charge is 0.308 e. The van der Waals surface area contributed by atoms with Crippen molar-refractivity contribution in [2.45, 2.75) is 57.6 Å². The summed E-state index contributed by atoms with van der Waals surface area (Å²) in [5.41, 5.74) is -4.05. The maximum Gasteiger partial charge on any atom is 0.441 e. The van der Waals surface area contributed by atoms with Crippen molar-refractivity contribution in [2.75, 3.05) is 25.4 Å². The van der Waals surface area contributed by atoms with Crippen LogP contribution in [-0.4, -0.2) is 47.4 Å². The largest absolute Gasteiger partial charge is 0.441 e. The summed E-state index contributed by atoms with van der Waals surface area (Å²) in [7, 11) is 0. The molecule has 1 atom stereocenters. The van der Waals surface area contributed by atoms with Gasteiger partial charge in [0, 0.05) is 37.0 Å². The highest BCUT2D eigenvalue weighted by Gasteiger charge is 2.38. The molecule has 1 aliphatic rings. The molecule has 1 aliphatic heterocycles. The van der Waals surface area contributed by atoms with E-state index in [0.29, 0.717) is 18.5 Å². The molecule has 1 heterocycles. The molecule has 6 heteroatoms. The van der Waals surface area contributed by atoms with Gasteiger partial charge in [-0.25, -0.2) is 0 Å². The van der Waals surface area contributed by atoms with Crippen LogP contribution in [0.1, 0.15) is 40.5 Å². The number of hydrogen-bond donors (Lipinski definition) is 1. The lowest BCUT2D eigenvalue weighted by molar-refractivity contribution is -0.0330. The first kappa shape index (κ1) is 18.1. The van der Waals surface area contributed by atoms with Crippen molar-refractivity contribution in [1.29, 1.82) is 0 Å². The maximum atomic E-state index is 12.3. The van der Waals surface area contributed by atoms with Gasteiger partial charge in [-0.15, -0.1) is 0 Å². The fourth-order valence-corrected chi connectivity index (χ4v) is 3.47. The van der Waals surface area contributed by atoms with Gasteiger partial charge in [-0.05, 0) is 30.5 Å². The van der Waals surface area contributed by atoms with Crippen LogP contribution in [0.25, 0.3) is 0 Å². The third-order valence-electron chi connectivity index (χ3n) is 4.43. The number of piperazine rings is 1. The molecule has 0 radical (unpaired) electrons. The van der Waals surface area contributed by atoms with Gasteiger partial charge >= 0.3 is 5.51 Å². The van der Waals surface area contributed by atoms with Crippen LogP contribution in [0.2, 0.25) is 0 Å². The van der Waals surface area contributed by atoms with Crippen LogP contribution in [0.4, 0.5) is 13.2 Å². The summed E-state index contributed by atoms with van der Waals surface area (Å²) in [6.07, 6.45) is 2.02. The third kappa shape index (κ3) is 5.11. The summed E-state index contributed by atoms with van der Waals surface area (Å²) < 4.78 is 36.8. The first-order valence-corrected chi connectivity index (χ1v) is 8.41. The van der Waals surface area contributed by atoms with Crippen molar-refractivity contribution in [3.8, 4) is 0 Å². The Labute approximate surface area is 124 Å². The molecule has 1 rings (SSSR count). The van der Waals surface area contributed by atoms with Crippen LogP contribution in [0.3, 0.4) is 0 Å². The van der Waals surface area contributed by atoms with E-state index < -0.39 is 5.51 Å². The fourth-order valence-electron chi connectivity index (χ4n) is 2.92. The third-order valence-corrected chi connectivity index (χ3v) is 5.14. The van der Waals surface area contributed by atoms with Crippen molar-refractivity contribution < 1.29 is 13.2 Å². The number of thioether (sulfide) groups is 1. The van der Waals surface area contributed by atoms with E-state index >= 15 is 0 Å². The Morgan fingerprint density at radius 1 is 1.30 bits per heavy atom. The minimum Gasteiger partial charge on any atom is -0.308 e. The molecule has 1 fully saturated rings. The van der Waals surface area contributed by atoms with Crippen LogP contribution in [0, 0.1) is 5.92 Å². The molecule has 1 N–H and O–H groups in total. The van der Waals surface area contributed by atoms with Gasteiger partial charge in [0.2, 0.25) is 0 Å². The molecule has 0 spiro atoms. The molecular weight excluding hydrogens is 285 g/mol. The summed E-state index contributed by atoms with van der Waals surface area (Å²) in [5.74, 6) is 0.570. The lowest BCUT2D eigenvalue weighted by atomic mass is 9.86. The quantitative estimate of drug-likeness (QED) is 0.804. The first-order chi connectivity index (χ1) is 9.23. The van der Waals surface area contributed by atoms with E-state index in [1.54, 1.807) is 0 Å². The van der Waals surface area contributed by atoms with E-state index in [4.69, 9.17) is 0 Å². The predicted molar refractivity (Wildman–Crippen MR) is 80.0 cm³/mol. The summed E-state index contributed by atoms with van der Waals surface area (Å²) in [5, 5.41) is 3.63. The average Bonchev–Trinajstić information content (AvgIpc) is 2.36. The molecule has 0 aliphatic carbocycles. The molecule has 0 aromatic heterocycles. The highest BCUT2D eigenvalue weighted by Crippen LogP contribution is 2.31. The van der Waals surface area contributed by atoms with Gasteiger partial charge in [0.25, 0.3) is 0 Å². The average molecular weight is 312 g/mol. The molecule has 20 heavy (non-hydrogen) atoms. The van der Waals surface area contributed by atoms with E-state index in [1.807, 2.05) is 0 Å². The predicted octanol–water partition coefficient (Wildman–Crippen LogP) is 3.73. The Morgan fingerprint density at radius 3 is 2.35 bits per heavy atom.